The van der Waals surface area contributed by atoms with E-state index in [4.69, 9.17) is 5.11 Å². The maximum atomic E-state index is 12.4. The Balaban J connectivity index is 2.32. The van der Waals surface area contributed by atoms with Crippen LogP contribution in [0.5, 0.6) is 0 Å². The number of aliphatic hydroxyl groups is 2. The Bertz CT molecular complexity index is 665. The molecule has 3 N–H and O–H groups in total. The van der Waals surface area contributed by atoms with Crippen LogP contribution in [0.15, 0.2) is 35.6 Å². The number of aliphatic hydroxyl groups excluding tert-OH is 2. The molecule has 1 aromatic rings. The van der Waals surface area contributed by atoms with Gasteiger partial charge in [-0.15, -0.1) is 0 Å². The molecule has 0 radical (unpaired) electrons. The lowest BCUT2D eigenvalue weighted by atomic mass is 9.94. The summed E-state index contributed by atoms with van der Waals surface area (Å²) in [6, 6.07) is 7.20. The van der Waals surface area contributed by atoms with Gasteiger partial charge in [0.1, 0.15) is 0 Å². The number of carbonyl (C=O) groups is 2. The third-order valence-electron chi connectivity index (χ3n) is 4.42. The molecule has 1 aliphatic rings. The van der Waals surface area contributed by atoms with Crippen LogP contribution in [-0.2, 0) is 9.59 Å². The van der Waals surface area contributed by atoms with Crippen molar-refractivity contribution < 1.29 is 19.8 Å². The Morgan fingerprint density at radius 3 is 2.40 bits per heavy atom. The smallest absolute Gasteiger partial charge is 0.290 e. The zero-order valence-electron chi connectivity index (χ0n) is 15.0. The number of Topliss-reactive ketones (excluding diaryl/α,β-unsaturated/α-hetero) is 1. The van der Waals surface area contributed by atoms with Crippen LogP contribution in [0.3, 0.4) is 0 Å². The van der Waals surface area contributed by atoms with Gasteiger partial charge in [-0.2, -0.15) is 0 Å². The predicted octanol–water partition coefficient (Wildman–Crippen LogP) is 1.68. The molecule has 25 heavy (non-hydrogen) atoms. The normalized spacial score (nSPS) is 17.7. The molecule has 0 saturated heterocycles. The van der Waals surface area contributed by atoms with Crippen LogP contribution in [0, 0.1) is 0 Å². The summed E-state index contributed by atoms with van der Waals surface area (Å²) < 4.78 is 0. The molecule has 1 amide bonds. The molecule has 0 bridgehead atoms. The second-order valence-corrected chi connectivity index (χ2v) is 6.51. The van der Waals surface area contributed by atoms with E-state index in [9.17, 15) is 14.7 Å². The molecular formula is C19H26N2O4. The maximum Gasteiger partial charge on any atom is 0.290 e. The standard InChI is InChI=1S/C19H26N2O4/c1-12(2)14-4-6-15(7-5-14)17-16(13(3)23)18(24)19(25)21(17)10-8-20-9-11-22/h4-7,12,17,20,22,24H,8-11H2,1-3H3. The second kappa shape index (κ2) is 8.27. The number of nitrogens with zero attached hydrogens (tertiary/aromatic N) is 1. The molecule has 2 rings (SSSR count). The van der Waals surface area contributed by atoms with Gasteiger partial charge in [-0.25, -0.2) is 0 Å². The fourth-order valence-corrected chi connectivity index (χ4v) is 3.06. The average molecular weight is 346 g/mol. The SMILES string of the molecule is CC(=O)C1=C(O)C(=O)N(CCNCCO)C1c1ccc(C(C)C)cc1. The summed E-state index contributed by atoms with van der Waals surface area (Å²) in [6.07, 6.45) is 0. The third-order valence-corrected chi connectivity index (χ3v) is 4.42. The first-order valence-electron chi connectivity index (χ1n) is 8.55. The predicted molar refractivity (Wildman–Crippen MR) is 95.3 cm³/mol. The molecule has 1 heterocycles. The highest BCUT2D eigenvalue weighted by Crippen LogP contribution is 2.37. The van der Waals surface area contributed by atoms with Gasteiger partial charge < -0.3 is 20.4 Å². The van der Waals surface area contributed by atoms with Crippen molar-refractivity contribution in [1.82, 2.24) is 10.2 Å². The molecule has 1 unspecified atom stereocenters. The van der Waals surface area contributed by atoms with Crippen molar-refractivity contribution in [3.63, 3.8) is 0 Å². The molecule has 0 spiro atoms. The van der Waals surface area contributed by atoms with Gasteiger partial charge in [0.05, 0.1) is 18.2 Å². The van der Waals surface area contributed by atoms with Gasteiger partial charge in [-0.1, -0.05) is 38.1 Å². The minimum atomic E-state index is -0.581. The van der Waals surface area contributed by atoms with Gasteiger partial charge in [-0.3, -0.25) is 9.59 Å². The molecule has 1 aliphatic heterocycles. The van der Waals surface area contributed by atoms with Crippen molar-refractivity contribution in [3.05, 3.63) is 46.7 Å². The van der Waals surface area contributed by atoms with Gasteiger partial charge in [0.15, 0.2) is 11.5 Å². The number of rotatable bonds is 8. The zero-order chi connectivity index (χ0) is 18.6. The van der Waals surface area contributed by atoms with E-state index in [1.165, 1.54) is 17.4 Å². The fourth-order valence-electron chi connectivity index (χ4n) is 3.06. The number of hydrogen-bond acceptors (Lipinski definition) is 5. The summed E-state index contributed by atoms with van der Waals surface area (Å²) in [6.45, 7) is 6.79. The van der Waals surface area contributed by atoms with Crippen molar-refractivity contribution in [2.75, 3.05) is 26.2 Å². The van der Waals surface area contributed by atoms with Gasteiger partial charge >= 0.3 is 0 Å². The van der Waals surface area contributed by atoms with Crippen LogP contribution in [-0.4, -0.2) is 53.0 Å². The molecular weight excluding hydrogens is 320 g/mol. The Morgan fingerprint density at radius 1 is 1.24 bits per heavy atom. The lowest BCUT2D eigenvalue weighted by Gasteiger charge is -2.27. The van der Waals surface area contributed by atoms with E-state index in [0.29, 0.717) is 25.6 Å². The van der Waals surface area contributed by atoms with Crippen LogP contribution < -0.4 is 5.32 Å². The second-order valence-electron chi connectivity index (χ2n) is 6.51. The number of hydrogen-bond donors (Lipinski definition) is 3. The van der Waals surface area contributed by atoms with Crippen LogP contribution in [0.25, 0.3) is 0 Å². The zero-order valence-corrected chi connectivity index (χ0v) is 15.0. The van der Waals surface area contributed by atoms with Gasteiger partial charge in [-0.05, 0) is 24.0 Å². The maximum absolute atomic E-state index is 12.4. The fraction of sp³-hybridized carbons (Fsp3) is 0.474. The van der Waals surface area contributed by atoms with E-state index in [-0.39, 0.29) is 18.0 Å². The topological polar surface area (TPSA) is 89.9 Å². The van der Waals surface area contributed by atoms with E-state index in [0.717, 1.165) is 5.56 Å². The average Bonchev–Trinajstić information content (AvgIpc) is 2.83. The number of benzene rings is 1. The van der Waals surface area contributed by atoms with E-state index < -0.39 is 17.7 Å². The Kier molecular flexibility index (Phi) is 6.33. The highest BCUT2D eigenvalue weighted by atomic mass is 16.3. The van der Waals surface area contributed by atoms with Crippen molar-refractivity contribution >= 4 is 11.7 Å². The lowest BCUT2D eigenvalue weighted by molar-refractivity contribution is -0.129. The van der Waals surface area contributed by atoms with Gasteiger partial charge in [0.2, 0.25) is 0 Å². The largest absolute Gasteiger partial charge is 0.503 e. The first-order valence-corrected chi connectivity index (χ1v) is 8.55. The van der Waals surface area contributed by atoms with Gasteiger partial charge in [0, 0.05) is 19.6 Å². The number of ketones is 1. The summed E-state index contributed by atoms with van der Waals surface area (Å²) in [4.78, 5) is 26.0. The number of nitrogens with one attached hydrogen (secondary N) is 1. The molecule has 6 heteroatoms. The number of amides is 1. The molecule has 6 nitrogen and oxygen atoms in total. The quantitative estimate of drug-likeness (QED) is 0.623. The third kappa shape index (κ3) is 4.08. The molecule has 136 valence electrons. The first-order chi connectivity index (χ1) is 11.9. The Morgan fingerprint density at radius 2 is 1.88 bits per heavy atom. The van der Waals surface area contributed by atoms with Crippen molar-refractivity contribution in [3.8, 4) is 0 Å². The molecule has 0 saturated carbocycles. The molecule has 0 fully saturated rings. The summed E-state index contributed by atoms with van der Waals surface area (Å²) in [7, 11) is 0. The first kappa shape index (κ1) is 19.1. The van der Waals surface area contributed by atoms with Crippen molar-refractivity contribution in [2.45, 2.75) is 32.7 Å². The summed E-state index contributed by atoms with van der Waals surface area (Å²) in [5.74, 6) is -0.926. The van der Waals surface area contributed by atoms with Crippen molar-refractivity contribution in [2.24, 2.45) is 0 Å². The van der Waals surface area contributed by atoms with Crippen LogP contribution >= 0.6 is 0 Å². The number of carbonyl (C=O) groups excluding carboxylic acids is 2. The molecule has 0 aliphatic carbocycles. The Hall–Kier alpha value is -2.18. The van der Waals surface area contributed by atoms with E-state index in [2.05, 4.69) is 19.2 Å². The molecule has 1 aromatic carbocycles. The minimum absolute atomic E-state index is 0.0102. The lowest BCUT2D eigenvalue weighted by Crippen LogP contribution is -2.37. The monoisotopic (exact) mass is 346 g/mol. The molecule has 0 aromatic heterocycles. The summed E-state index contributed by atoms with van der Waals surface area (Å²) in [5, 5.41) is 22.0. The van der Waals surface area contributed by atoms with Crippen molar-refractivity contribution in [1.29, 1.82) is 0 Å². The highest BCUT2D eigenvalue weighted by molar-refractivity contribution is 6.08. The minimum Gasteiger partial charge on any atom is -0.503 e. The van der Waals surface area contributed by atoms with E-state index in [1.54, 1.807) is 0 Å². The van der Waals surface area contributed by atoms with E-state index >= 15 is 0 Å². The van der Waals surface area contributed by atoms with E-state index in [1.807, 2.05) is 24.3 Å². The van der Waals surface area contributed by atoms with Crippen LogP contribution in [0.2, 0.25) is 0 Å². The molecule has 1 atom stereocenters. The summed E-state index contributed by atoms with van der Waals surface area (Å²) >= 11 is 0. The van der Waals surface area contributed by atoms with Gasteiger partial charge in [0.25, 0.3) is 5.91 Å². The van der Waals surface area contributed by atoms with Crippen LogP contribution in [0.4, 0.5) is 0 Å². The summed E-state index contributed by atoms with van der Waals surface area (Å²) in [5.41, 5.74) is 2.11. The highest BCUT2D eigenvalue weighted by Gasteiger charge is 2.41. The Labute approximate surface area is 148 Å². The van der Waals surface area contributed by atoms with Crippen LogP contribution in [0.1, 0.15) is 43.9 Å².